The topological polar surface area (TPSA) is 60.2 Å². The van der Waals surface area contributed by atoms with E-state index in [0.29, 0.717) is 24.5 Å². The number of hydrogen-bond acceptors (Lipinski definition) is 4. The van der Waals surface area contributed by atoms with Crippen LogP contribution in [0, 0.1) is 0 Å². The quantitative estimate of drug-likeness (QED) is 0.664. The van der Waals surface area contributed by atoms with Gasteiger partial charge in [-0.1, -0.05) is 24.3 Å². The lowest BCUT2D eigenvalue weighted by atomic mass is 10.1. The van der Waals surface area contributed by atoms with Gasteiger partial charge in [0.15, 0.2) is 0 Å². The molecule has 3 aromatic rings. The molecule has 0 radical (unpaired) electrons. The van der Waals surface area contributed by atoms with Crippen LogP contribution in [-0.4, -0.2) is 31.7 Å². The number of carbonyl (C=O) groups is 1. The predicted octanol–water partition coefficient (Wildman–Crippen LogP) is 3.96. The Hall–Kier alpha value is -3.15. The Morgan fingerprint density at radius 1 is 1.10 bits per heavy atom. The number of aryl methyl sites for hydroxylation is 1. The van der Waals surface area contributed by atoms with Gasteiger partial charge in [-0.15, -0.1) is 0 Å². The minimum absolute atomic E-state index is 0.00917. The van der Waals surface area contributed by atoms with E-state index in [1.54, 1.807) is 10.9 Å². The highest BCUT2D eigenvalue weighted by Crippen LogP contribution is 2.33. The van der Waals surface area contributed by atoms with Gasteiger partial charge < -0.3 is 9.64 Å². The average molecular weight is 388 g/mol. The van der Waals surface area contributed by atoms with Crippen LogP contribution < -0.4 is 4.74 Å². The summed E-state index contributed by atoms with van der Waals surface area (Å²) in [6.45, 7) is 1.17. The van der Waals surface area contributed by atoms with E-state index < -0.39 is 0 Å². The second-order valence-electron chi connectivity index (χ2n) is 7.91. The highest BCUT2D eigenvalue weighted by molar-refractivity contribution is 6.00. The zero-order chi connectivity index (χ0) is 19.8. The van der Waals surface area contributed by atoms with Crippen LogP contribution in [0.1, 0.15) is 47.2 Å². The first kappa shape index (κ1) is 17.9. The van der Waals surface area contributed by atoms with Crippen molar-refractivity contribution >= 4 is 5.91 Å². The molecule has 0 N–H and O–H groups in total. The van der Waals surface area contributed by atoms with Gasteiger partial charge in [0.1, 0.15) is 11.7 Å². The van der Waals surface area contributed by atoms with Crippen molar-refractivity contribution in [1.29, 1.82) is 0 Å². The Labute approximate surface area is 170 Å². The molecule has 29 heavy (non-hydrogen) atoms. The van der Waals surface area contributed by atoms with E-state index in [4.69, 9.17) is 4.74 Å². The normalized spacial score (nSPS) is 16.4. The van der Waals surface area contributed by atoms with Crippen LogP contribution in [0.3, 0.4) is 0 Å². The standard InChI is InChI=1S/C23H24N4O2/c1-26-13-11-20(25-26)17-8-6-16(7-9-17)14-27-15-18-10-12-24-22(21(18)23(27)28)29-19-4-2-3-5-19/h6-13,19H,2-5,14-15H2,1H3. The first-order chi connectivity index (χ1) is 14.2. The number of amides is 1. The van der Waals surface area contributed by atoms with Crippen LogP contribution >= 0.6 is 0 Å². The van der Waals surface area contributed by atoms with Crippen molar-refractivity contribution in [3.05, 3.63) is 65.5 Å². The first-order valence-corrected chi connectivity index (χ1v) is 10.2. The lowest BCUT2D eigenvalue weighted by Crippen LogP contribution is -2.24. The number of benzene rings is 1. The van der Waals surface area contributed by atoms with Gasteiger partial charge in [0.25, 0.3) is 5.91 Å². The van der Waals surface area contributed by atoms with Gasteiger partial charge in [-0.3, -0.25) is 9.48 Å². The fourth-order valence-electron chi connectivity index (χ4n) is 4.23. The number of fused-ring (bicyclic) bond motifs is 1. The second-order valence-corrected chi connectivity index (χ2v) is 7.91. The van der Waals surface area contributed by atoms with E-state index >= 15 is 0 Å². The van der Waals surface area contributed by atoms with Crippen LogP contribution in [0.2, 0.25) is 0 Å². The molecular formula is C23H24N4O2. The molecule has 6 heteroatoms. The van der Waals surface area contributed by atoms with E-state index in [1.165, 1.54) is 12.8 Å². The lowest BCUT2D eigenvalue weighted by molar-refractivity contribution is 0.0760. The zero-order valence-corrected chi connectivity index (χ0v) is 16.5. The van der Waals surface area contributed by atoms with Crippen LogP contribution in [0.5, 0.6) is 5.88 Å². The summed E-state index contributed by atoms with van der Waals surface area (Å²) < 4.78 is 7.88. The average Bonchev–Trinajstić information content (AvgIpc) is 3.45. The zero-order valence-electron chi connectivity index (χ0n) is 16.5. The first-order valence-electron chi connectivity index (χ1n) is 10.2. The molecule has 2 aromatic heterocycles. The minimum atomic E-state index is 0.00917. The summed E-state index contributed by atoms with van der Waals surface area (Å²) in [6, 6.07) is 12.2. The van der Waals surface area contributed by atoms with Crippen molar-refractivity contribution in [2.75, 3.05) is 0 Å². The molecule has 3 heterocycles. The van der Waals surface area contributed by atoms with Crippen molar-refractivity contribution in [3.8, 4) is 17.1 Å². The van der Waals surface area contributed by atoms with E-state index in [-0.39, 0.29) is 12.0 Å². The molecule has 1 saturated carbocycles. The molecular weight excluding hydrogens is 364 g/mol. The fourth-order valence-corrected chi connectivity index (χ4v) is 4.23. The number of rotatable bonds is 5. The minimum Gasteiger partial charge on any atom is -0.474 e. The molecule has 2 aliphatic rings. The van der Waals surface area contributed by atoms with Gasteiger partial charge >= 0.3 is 0 Å². The van der Waals surface area contributed by atoms with Gasteiger partial charge in [0.05, 0.1) is 5.69 Å². The number of carbonyl (C=O) groups excluding carboxylic acids is 1. The second kappa shape index (κ2) is 7.35. The molecule has 5 rings (SSSR count). The smallest absolute Gasteiger partial charge is 0.260 e. The summed E-state index contributed by atoms with van der Waals surface area (Å²) >= 11 is 0. The Morgan fingerprint density at radius 2 is 1.90 bits per heavy atom. The van der Waals surface area contributed by atoms with Gasteiger partial charge in [0, 0.05) is 38.1 Å². The third-order valence-electron chi connectivity index (χ3n) is 5.78. The summed E-state index contributed by atoms with van der Waals surface area (Å²) in [7, 11) is 1.91. The molecule has 148 valence electrons. The molecule has 0 spiro atoms. The number of pyridine rings is 1. The predicted molar refractivity (Wildman–Crippen MR) is 109 cm³/mol. The summed E-state index contributed by atoms with van der Waals surface area (Å²) in [5, 5.41) is 4.44. The Balaban J connectivity index is 1.31. The maximum atomic E-state index is 13.1. The highest BCUT2D eigenvalue weighted by Gasteiger charge is 2.32. The Bertz CT molecular complexity index is 1040. The van der Waals surface area contributed by atoms with Crippen molar-refractivity contribution in [2.24, 2.45) is 7.05 Å². The Morgan fingerprint density at radius 3 is 2.62 bits per heavy atom. The van der Waals surface area contributed by atoms with Crippen LogP contribution in [0.4, 0.5) is 0 Å². The molecule has 1 aromatic carbocycles. The summed E-state index contributed by atoms with van der Waals surface area (Å²) in [5.74, 6) is 0.516. The van der Waals surface area contributed by atoms with Crippen molar-refractivity contribution in [1.82, 2.24) is 19.7 Å². The molecule has 0 atom stereocenters. The third-order valence-corrected chi connectivity index (χ3v) is 5.78. The molecule has 1 fully saturated rings. The number of nitrogens with zero attached hydrogens (tertiary/aromatic N) is 4. The lowest BCUT2D eigenvalue weighted by Gasteiger charge is -2.16. The van der Waals surface area contributed by atoms with Crippen molar-refractivity contribution in [3.63, 3.8) is 0 Å². The molecule has 0 bridgehead atoms. The molecule has 0 saturated heterocycles. The highest BCUT2D eigenvalue weighted by atomic mass is 16.5. The van der Waals surface area contributed by atoms with Gasteiger partial charge in [-0.2, -0.15) is 5.10 Å². The molecule has 1 aliphatic carbocycles. The van der Waals surface area contributed by atoms with Crippen LogP contribution in [0.15, 0.2) is 48.8 Å². The molecule has 6 nitrogen and oxygen atoms in total. The molecule has 1 aliphatic heterocycles. The summed E-state index contributed by atoms with van der Waals surface area (Å²) in [5.41, 5.74) is 4.76. The SMILES string of the molecule is Cn1ccc(-c2ccc(CN3Cc4ccnc(OC5CCCC5)c4C3=O)cc2)n1. The van der Waals surface area contributed by atoms with Crippen LogP contribution in [0.25, 0.3) is 11.3 Å². The van der Waals surface area contributed by atoms with Gasteiger partial charge in [-0.05, 0) is 48.9 Å². The molecule has 0 unspecified atom stereocenters. The fraction of sp³-hybridized carbons (Fsp3) is 0.348. The summed E-state index contributed by atoms with van der Waals surface area (Å²) in [6.07, 6.45) is 8.35. The number of hydrogen-bond donors (Lipinski definition) is 0. The Kier molecular flexibility index (Phi) is 4.54. The number of ether oxygens (including phenoxy) is 1. The van der Waals surface area contributed by atoms with Crippen molar-refractivity contribution in [2.45, 2.75) is 44.9 Å². The summed E-state index contributed by atoms with van der Waals surface area (Å²) in [4.78, 5) is 19.3. The van der Waals surface area contributed by atoms with Gasteiger partial charge in [0.2, 0.25) is 5.88 Å². The maximum Gasteiger partial charge on any atom is 0.260 e. The van der Waals surface area contributed by atoms with E-state index in [9.17, 15) is 4.79 Å². The van der Waals surface area contributed by atoms with Crippen LogP contribution in [-0.2, 0) is 20.1 Å². The third kappa shape index (κ3) is 3.50. The largest absolute Gasteiger partial charge is 0.474 e. The monoisotopic (exact) mass is 388 g/mol. The number of aromatic nitrogens is 3. The maximum absolute atomic E-state index is 13.1. The van der Waals surface area contributed by atoms with E-state index in [1.807, 2.05) is 30.3 Å². The van der Waals surface area contributed by atoms with E-state index in [0.717, 1.165) is 35.2 Å². The molecule has 1 amide bonds. The van der Waals surface area contributed by atoms with Crippen molar-refractivity contribution < 1.29 is 9.53 Å². The van der Waals surface area contributed by atoms with E-state index in [2.05, 4.69) is 34.3 Å². The van der Waals surface area contributed by atoms with Gasteiger partial charge in [-0.25, -0.2) is 4.98 Å².